The summed E-state index contributed by atoms with van der Waals surface area (Å²) >= 11 is 0. The highest BCUT2D eigenvalue weighted by Crippen LogP contribution is 2.43. The van der Waals surface area contributed by atoms with Gasteiger partial charge in [-0.3, -0.25) is 0 Å². The maximum Gasteiger partial charge on any atom is 0.341 e. The smallest absolute Gasteiger partial charge is 0.341 e. The van der Waals surface area contributed by atoms with E-state index in [0.29, 0.717) is 30.3 Å². The fourth-order valence-corrected chi connectivity index (χ4v) is 4.16. The van der Waals surface area contributed by atoms with Crippen molar-refractivity contribution in [1.82, 2.24) is 0 Å². The molecule has 180 valence electrons. The second kappa shape index (κ2) is 12.1. The highest BCUT2D eigenvalue weighted by Gasteiger charge is 2.23. The standard InChI is InChI=1S/C31H32O4/c1-3-4-5-11-20-34-28-19-18-27(31(32)33-2)30(35-22-23-12-7-6-8-13-23)29(28)26-17-16-24-14-9-10-15-25(24)21-26/h6-10,12-19,21H,3-5,11,20,22H2,1-2H3. The fourth-order valence-electron chi connectivity index (χ4n) is 4.16. The molecule has 0 aliphatic carbocycles. The Morgan fingerprint density at radius 1 is 0.771 bits per heavy atom. The Labute approximate surface area is 207 Å². The quantitative estimate of drug-likeness (QED) is 0.166. The van der Waals surface area contributed by atoms with Crippen LogP contribution in [0.25, 0.3) is 21.9 Å². The second-order valence-corrected chi connectivity index (χ2v) is 8.55. The van der Waals surface area contributed by atoms with Gasteiger partial charge in [0.1, 0.15) is 23.7 Å². The summed E-state index contributed by atoms with van der Waals surface area (Å²) in [5, 5.41) is 2.26. The zero-order chi connectivity index (χ0) is 24.5. The average Bonchev–Trinajstić information content (AvgIpc) is 2.91. The predicted molar refractivity (Wildman–Crippen MR) is 141 cm³/mol. The van der Waals surface area contributed by atoms with Crippen molar-refractivity contribution >= 4 is 16.7 Å². The van der Waals surface area contributed by atoms with Crippen molar-refractivity contribution in [3.8, 4) is 22.6 Å². The third-order valence-corrected chi connectivity index (χ3v) is 6.04. The number of ether oxygens (including phenoxy) is 3. The molecule has 0 aliphatic heterocycles. The van der Waals surface area contributed by atoms with Crippen LogP contribution >= 0.6 is 0 Å². The van der Waals surface area contributed by atoms with Crippen LogP contribution in [0.15, 0.2) is 84.9 Å². The van der Waals surface area contributed by atoms with Crippen LogP contribution in [0.3, 0.4) is 0 Å². The van der Waals surface area contributed by atoms with Crippen LogP contribution in [-0.4, -0.2) is 19.7 Å². The molecule has 4 rings (SSSR count). The van der Waals surface area contributed by atoms with E-state index in [2.05, 4.69) is 37.3 Å². The molecule has 0 radical (unpaired) electrons. The molecule has 4 aromatic rings. The first-order valence-electron chi connectivity index (χ1n) is 12.2. The number of fused-ring (bicyclic) bond motifs is 1. The maximum atomic E-state index is 12.7. The van der Waals surface area contributed by atoms with Gasteiger partial charge in [0.15, 0.2) is 0 Å². The molecule has 35 heavy (non-hydrogen) atoms. The van der Waals surface area contributed by atoms with Crippen LogP contribution < -0.4 is 9.47 Å². The van der Waals surface area contributed by atoms with Gasteiger partial charge in [-0.1, -0.05) is 92.9 Å². The third kappa shape index (κ3) is 6.02. The van der Waals surface area contributed by atoms with E-state index in [4.69, 9.17) is 14.2 Å². The minimum Gasteiger partial charge on any atom is -0.493 e. The molecular formula is C31H32O4. The molecule has 0 saturated heterocycles. The molecule has 0 saturated carbocycles. The van der Waals surface area contributed by atoms with E-state index in [9.17, 15) is 4.79 Å². The van der Waals surface area contributed by atoms with Gasteiger partial charge in [0.25, 0.3) is 0 Å². The van der Waals surface area contributed by atoms with Crippen LogP contribution in [0.4, 0.5) is 0 Å². The largest absolute Gasteiger partial charge is 0.493 e. The minimum absolute atomic E-state index is 0.325. The van der Waals surface area contributed by atoms with Gasteiger partial charge in [-0.2, -0.15) is 0 Å². The molecule has 0 fully saturated rings. The normalized spacial score (nSPS) is 10.8. The topological polar surface area (TPSA) is 44.8 Å². The number of hydrogen-bond donors (Lipinski definition) is 0. The van der Waals surface area contributed by atoms with Gasteiger partial charge in [0.2, 0.25) is 0 Å². The summed E-state index contributed by atoms with van der Waals surface area (Å²) < 4.78 is 17.7. The molecule has 4 nitrogen and oxygen atoms in total. The number of unbranched alkanes of at least 4 members (excludes halogenated alkanes) is 3. The summed E-state index contributed by atoms with van der Waals surface area (Å²) in [5.41, 5.74) is 3.09. The lowest BCUT2D eigenvalue weighted by Crippen LogP contribution is -2.09. The van der Waals surface area contributed by atoms with Gasteiger partial charge in [-0.05, 0) is 46.5 Å². The molecule has 0 bridgehead atoms. The molecule has 0 atom stereocenters. The van der Waals surface area contributed by atoms with Gasteiger partial charge in [-0.15, -0.1) is 0 Å². The number of hydrogen-bond acceptors (Lipinski definition) is 4. The van der Waals surface area contributed by atoms with Crippen LogP contribution in [0.5, 0.6) is 11.5 Å². The first-order chi connectivity index (χ1) is 17.2. The van der Waals surface area contributed by atoms with Crippen molar-refractivity contribution in [2.45, 2.75) is 39.2 Å². The lowest BCUT2D eigenvalue weighted by Gasteiger charge is -2.20. The van der Waals surface area contributed by atoms with Gasteiger partial charge >= 0.3 is 5.97 Å². The molecule has 0 amide bonds. The second-order valence-electron chi connectivity index (χ2n) is 8.55. The number of esters is 1. The molecule has 4 heteroatoms. The van der Waals surface area contributed by atoms with E-state index >= 15 is 0 Å². The van der Waals surface area contributed by atoms with Gasteiger partial charge in [0.05, 0.1) is 19.3 Å². The van der Waals surface area contributed by atoms with E-state index in [1.807, 2.05) is 48.5 Å². The fraction of sp³-hybridized carbons (Fsp3) is 0.258. The zero-order valence-electron chi connectivity index (χ0n) is 20.5. The summed E-state index contributed by atoms with van der Waals surface area (Å²) in [5.74, 6) is 0.735. The van der Waals surface area contributed by atoms with Crippen LogP contribution in [-0.2, 0) is 11.3 Å². The van der Waals surface area contributed by atoms with E-state index in [1.54, 1.807) is 6.07 Å². The molecule has 0 N–H and O–H groups in total. The molecular weight excluding hydrogens is 436 g/mol. The van der Waals surface area contributed by atoms with Crippen LogP contribution in [0, 0.1) is 0 Å². The van der Waals surface area contributed by atoms with Crippen molar-refractivity contribution in [3.05, 3.63) is 96.1 Å². The first-order valence-corrected chi connectivity index (χ1v) is 12.2. The van der Waals surface area contributed by atoms with Crippen molar-refractivity contribution < 1.29 is 19.0 Å². The first kappa shape index (κ1) is 24.3. The van der Waals surface area contributed by atoms with E-state index in [-0.39, 0.29) is 0 Å². The number of carbonyl (C=O) groups excluding carboxylic acids is 1. The van der Waals surface area contributed by atoms with Gasteiger partial charge in [0, 0.05) is 0 Å². The van der Waals surface area contributed by atoms with Gasteiger partial charge in [-0.25, -0.2) is 4.79 Å². The van der Waals surface area contributed by atoms with E-state index in [1.165, 1.54) is 20.0 Å². The molecule has 4 aromatic carbocycles. The lowest BCUT2D eigenvalue weighted by atomic mass is 9.97. The average molecular weight is 469 g/mol. The maximum absolute atomic E-state index is 12.7. The Hall–Kier alpha value is -3.79. The lowest BCUT2D eigenvalue weighted by molar-refractivity contribution is 0.0595. The molecule has 0 aliphatic rings. The van der Waals surface area contributed by atoms with E-state index < -0.39 is 5.97 Å². The van der Waals surface area contributed by atoms with Crippen molar-refractivity contribution in [1.29, 1.82) is 0 Å². The van der Waals surface area contributed by atoms with Crippen molar-refractivity contribution in [3.63, 3.8) is 0 Å². The number of benzene rings is 4. The Balaban J connectivity index is 1.80. The van der Waals surface area contributed by atoms with Gasteiger partial charge < -0.3 is 14.2 Å². The molecule has 0 unspecified atom stereocenters. The molecule has 0 aromatic heterocycles. The van der Waals surface area contributed by atoms with Crippen LogP contribution in [0.2, 0.25) is 0 Å². The Morgan fingerprint density at radius 3 is 2.31 bits per heavy atom. The highest BCUT2D eigenvalue weighted by atomic mass is 16.5. The van der Waals surface area contributed by atoms with E-state index in [0.717, 1.165) is 40.3 Å². The Bertz CT molecular complexity index is 1260. The monoisotopic (exact) mass is 468 g/mol. The van der Waals surface area contributed by atoms with Crippen LogP contribution in [0.1, 0.15) is 48.5 Å². The third-order valence-electron chi connectivity index (χ3n) is 6.04. The highest BCUT2D eigenvalue weighted by molar-refractivity contribution is 5.98. The molecule has 0 heterocycles. The minimum atomic E-state index is -0.440. The predicted octanol–water partition coefficient (Wildman–Crippen LogP) is 7.83. The summed E-state index contributed by atoms with van der Waals surface area (Å²) in [4.78, 5) is 12.7. The summed E-state index contributed by atoms with van der Waals surface area (Å²) in [7, 11) is 1.39. The Morgan fingerprint density at radius 2 is 1.54 bits per heavy atom. The summed E-state index contributed by atoms with van der Waals surface area (Å²) in [6.45, 7) is 3.13. The van der Waals surface area contributed by atoms with Crippen molar-refractivity contribution in [2.75, 3.05) is 13.7 Å². The summed E-state index contributed by atoms with van der Waals surface area (Å²) in [6.07, 6.45) is 4.46. The Kier molecular flexibility index (Phi) is 8.39. The number of rotatable bonds is 11. The SMILES string of the molecule is CCCCCCOc1ccc(C(=O)OC)c(OCc2ccccc2)c1-c1ccc2ccccc2c1. The number of carbonyl (C=O) groups is 1. The zero-order valence-corrected chi connectivity index (χ0v) is 20.5. The van der Waals surface area contributed by atoms with Crippen molar-refractivity contribution in [2.24, 2.45) is 0 Å². The number of methoxy groups -OCH3 is 1. The summed E-state index contributed by atoms with van der Waals surface area (Å²) in [6, 6.07) is 28.0. The molecule has 0 spiro atoms.